The minimum absolute atomic E-state index is 0. The van der Waals surface area contributed by atoms with Gasteiger partial charge in [-0.25, -0.2) is 0 Å². The molecule has 0 spiro atoms. The number of hydrogen-bond acceptors (Lipinski definition) is 3. The summed E-state index contributed by atoms with van der Waals surface area (Å²) >= 11 is 0. The van der Waals surface area contributed by atoms with Crippen molar-refractivity contribution in [2.75, 3.05) is 13.2 Å². The molecule has 4 nitrogen and oxygen atoms in total. The van der Waals surface area contributed by atoms with E-state index in [0.717, 1.165) is 0 Å². The number of aliphatic carboxylic acids is 1. The molecule has 0 rings (SSSR count). The summed E-state index contributed by atoms with van der Waals surface area (Å²) in [5.41, 5.74) is 4.57. The Morgan fingerprint density at radius 2 is 1.80 bits per heavy atom. The SMILES string of the molecule is NCC(=O)O.[CH2-]CCO.[Na+]. The maximum atomic E-state index is 9.24. The van der Waals surface area contributed by atoms with Crippen molar-refractivity contribution in [3.8, 4) is 0 Å². The van der Waals surface area contributed by atoms with Crippen LogP contribution in [0.4, 0.5) is 0 Å². The molecule has 5 heteroatoms. The first kappa shape index (κ1) is 16.8. The second-order valence-electron chi connectivity index (χ2n) is 1.18. The average Bonchev–Trinajstić information content (AvgIpc) is 1.89. The molecule has 0 amide bonds. The van der Waals surface area contributed by atoms with Gasteiger partial charge in [-0.05, 0) is 0 Å². The Bertz CT molecular complexity index is 67.9. The van der Waals surface area contributed by atoms with Gasteiger partial charge in [0.15, 0.2) is 0 Å². The largest absolute Gasteiger partial charge is 1.00 e. The van der Waals surface area contributed by atoms with E-state index in [1.54, 1.807) is 0 Å². The van der Waals surface area contributed by atoms with Gasteiger partial charge in [0.25, 0.3) is 0 Å². The summed E-state index contributed by atoms with van der Waals surface area (Å²) in [4.78, 5) is 9.24. The smallest absolute Gasteiger partial charge is 0.480 e. The second kappa shape index (κ2) is 16.2. The maximum Gasteiger partial charge on any atom is 1.00 e. The van der Waals surface area contributed by atoms with E-state index >= 15 is 0 Å². The molecule has 0 radical (unpaired) electrons. The Morgan fingerprint density at radius 3 is 1.80 bits per heavy atom. The number of aliphatic hydroxyl groups excluding tert-OH is 1. The minimum atomic E-state index is -0.968. The van der Waals surface area contributed by atoms with E-state index in [-0.39, 0.29) is 42.7 Å². The van der Waals surface area contributed by atoms with Crippen molar-refractivity contribution < 1.29 is 44.6 Å². The average molecular weight is 157 g/mol. The topological polar surface area (TPSA) is 83.6 Å². The summed E-state index contributed by atoms with van der Waals surface area (Å²) in [5, 5.41) is 15.4. The van der Waals surface area contributed by atoms with Gasteiger partial charge in [-0.2, -0.15) is 6.42 Å². The molecule has 0 atom stereocenters. The van der Waals surface area contributed by atoms with Gasteiger partial charge in [-0.15, -0.1) is 0 Å². The molecule has 0 fully saturated rings. The Kier molecular flexibility index (Phi) is 27.2. The first-order valence-corrected chi connectivity index (χ1v) is 2.51. The predicted molar refractivity (Wildman–Crippen MR) is 33.7 cm³/mol. The zero-order valence-corrected chi connectivity index (χ0v) is 8.21. The number of carboxylic acids is 1. The molecular formula is C5H12NNaO3. The molecule has 0 heterocycles. The number of rotatable bonds is 2. The van der Waals surface area contributed by atoms with Crippen molar-refractivity contribution in [1.82, 2.24) is 0 Å². The third-order valence-corrected chi connectivity index (χ3v) is 0.333. The molecule has 0 aromatic carbocycles. The van der Waals surface area contributed by atoms with Crippen molar-refractivity contribution in [1.29, 1.82) is 0 Å². The van der Waals surface area contributed by atoms with E-state index in [4.69, 9.17) is 10.2 Å². The zero-order valence-electron chi connectivity index (χ0n) is 6.21. The van der Waals surface area contributed by atoms with Crippen molar-refractivity contribution in [3.05, 3.63) is 6.92 Å². The summed E-state index contributed by atoms with van der Waals surface area (Å²) in [6.45, 7) is 3.28. The molecule has 0 aromatic heterocycles. The number of nitrogens with two attached hydrogens (primary N) is 1. The van der Waals surface area contributed by atoms with E-state index in [9.17, 15) is 4.79 Å². The van der Waals surface area contributed by atoms with Gasteiger partial charge in [0.1, 0.15) is 0 Å². The van der Waals surface area contributed by atoms with Crippen molar-refractivity contribution in [3.63, 3.8) is 0 Å². The van der Waals surface area contributed by atoms with Crippen molar-refractivity contribution in [2.24, 2.45) is 5.73 Å². The summed E-state index contributed by atoms with van der Waals surface area (Å²) in [7, 11) is 0. The zero-order chi connectivity index (χ0) is 7.70. The van der Waals surface area contributed by atoms with Gasteiger partial charge < -0.3 is 22.9 Å². The van der Waals surface area contributed by atoms with E-state index in [1.165, 1.54) is 0 Å². The first-order valence-electron chi connectivity index (χ1n) is 2.51. The van der Waals surface area contributed by atoms with Crippen LogP contribution in [0.25, 0.3) is 0 Å². The van der Waals surface area contributed by atoms with Crippen LogP contribution in [0.15, 0.2) is 0 Å². The molecule has 4 N–H and O–H groups in total. The number of carboxylic acid groups (broad SMARTS) is 1. The summed E-state index contributed by atoms with van der Waals surface area (Å²) < 4.78 is 0. The Hall–Kier alpha value is 0.390. The number of hydrogen-bond donors (Lipinski definition) is 3. The number of carbonyl (C=O) groups is 1. The fourth-order valence-electron chi connectivity index (χ4n) is 0. The van der Waals surface area contributed by atoms with Crippen LogP contribution in [0.5, 0.6) is 0 Å². The normalized spacial score (nSPS) is 6.70. The summed E-state index contributed by atoms with van der Waals surface area (Å²) in [5.74, 6) is -0.968. The molecule has 0 aliphatic heterocycles. The second-order valence-corrected chi connectivity index (χ2v) is 1.18. The van der Waals surface area contributed by atoms with Gasteiger partial charge in [0, 0.05) is 6.61 Å². The van der Waals surface area contributed by atoms with Gasteiger partial charge >= 0.3 is 35.5 Å². The monoisotopic (exact) mass is 157 g/mol. The van der Waals surface area contributed by atoms with Crippen LogP contribution in [0.3, 0.4) is 0 Å². The summed E-state index contributed by atoms with van der Waals surface area (Å²) in [6, 6.07) is 0. The van der Waals surface area contributed by atoms with E-state index in [0.29, 0.717) is 6.42 Å². The van der Waals surface area contributed by atoms with Crippen LogP contribution >= 0.6 is 0 Å². The van der Waals surface area contributed by atoms with Crippen molar-refractivity contribution in [2.45, 2.75) is 6.42 Å². The Morgan fingerprint density at radius 1 is 1.60 bits per heavy atom. The van der Waals surface area contributed by atoms with Gasteiger partial charge in [-0.1, -0.05) is 0 Å². The minimum Gasteiger partial charge on any atom is -0.480 e. The van der Waals surface area contributed by atoms with E-state index in [1.807, 2.05) is 0 Å². The fraction of sp³-hybridized carbons (Fsp3) is 0.600. The molecule has 10 heavy (non-hydrogen) atoms. The molecule has 0 saturated heterocycles. The molecule has 0 bridgehead atoms. The van der Waals surface area contributed by atoms with Crippen molar-refractivity contribution >= 4 is 5.97 Å². The van der Waals surface area contributed by atoms with E-state index < -0.39 is 5.97 Å². The molecule has 0 saturated carbocycles. The van der Waals surface area contributed by atoms with Gasteiger partial charge in [-0.3, -0.25) is 4.79 Å². The van der Waals surface area contributed by atoms with Crippen LogP contribution in [0, 0.1) is 6.92 Å². The molecule has 0 aliphatic rings. The molecular weight excluding hydrogens is 145 g/mol. The standard InChI is InChI=1S/C3H7O.C2H5NO2.Na/c1-2-3-4;3-1-2(4)5;/h4H,1-3H2;1,3H2,(H,4,5);/q-1;;+1. The van der Waals surface area contributed by atoms with Crippen LogP contribution in [-0.2, 0) is 4.79 Å². The molecule has 0 aliphatic carbocycles. The maximum absolute atomic E-state index is 9.24. The first-order chi connectivity index (χ1) is 4.18. The molecule has 56 valence electrons. The van der Waals surface area contributed by atoms with Crippen LogP contribution in [-0.4, -0.2) is 29.3 Å². The van der Waals surface area contributed by atoms with Crippen LogP contribution < -0.4 is 35.3 Å². The third kappa shape index (κ3) is 39.9. The molecule has 0 aromatic rings. The van der Waals surface area contributed by atoms with E-state index in [2.05, 4.69) is 12.7 Å². The van der Waals surface area contributed by atoms with Gasteiger partial charge in [0.05, 0.1) is 6.54 Å². The summed E-state index contributed by atoms with van der Waals surface area (Å²) in [6.07, 6.45) is 0.625. The van der Waals surface area contributed by atoms with Gasteiger partial charge in [0.2, 0.25) is 0 Å². The quantitative estimate of drug-likeness (QED) is 0.284. The fourth-order valence-corrected chi connectivity index (χ4v) is 0. The Labute approximate surface area is 82.7 Å². The van der Waals surface area contributed by atoms with Crippen LogP contribution in [0.1, 0.15) is 6.42 Å². The molecule has 0 unspecified atom stereocenters. The third-order valence-electron chi connectivity index (χ3n) is 0.333. The van der Waals surface area contributed by atoms with Crippen LogP contribution in [0.2, 0.25) is 0 Å². The Balaban J connectivity index is -0.0000000910. The predicted octanol–water partition coefficient (Wildman–Crippen LogP) is -3.76. The number of aliphatic hydroxyl groups is 1.